The normalized spacial score (nSPS) is 29.2. The summed E-state index contributed by atoms with van der Waals surface area (Å²) in [5.74, 6) is 0.639. The van der Waals surface area contributed by atoms with E-state index in [4.69, 9.17) is 14.2 Å². The van der Waals surface area contributed by atoms with Gasteiger partial charge in [0, 0.05) is 20.3 Å². The summed E-state index contributed by atoms with van der Waals surface area (Å²) in [6.45, 7) is 6.49. The Balaban J connectivity index is 2.35. The molecule has 1 aliphatic heterocycles. The first-order valence-corrected chi connectivity index (χ1v) is 5.55. The molecule has 0 spiro atoms. The van der Waals surface area contributed by atoms with Crippen LogP contribution < -0.4 is 5.32 Å². The van der Waals surface area contributed by atoms with Crippen LogP contribution in [0.5, 0.6) is 0 Å². The summed E-state index contributed by atoms with van der Waals surface area (Å²) < 4.78 is 15.7. The molecule has 0 aliphatic carbocycles. The molecule has 4 heteroatoms. The maximum atomic E-state index is 5.35. The summed E-state index contributed by atoms with van der Waals surface area (Å²) in [5.41, 5.74) is 0. The topological polar surface area (TPSA) is 43.0 Å². The maximum absolute atomic E-state index is 5.35. The second kappa shape index (κ2) is 5.80. The lowest BCUT2D eigenvalue weighted by atomic mass is 10.00. The molecule has 1 aliphatic rings. The second-order valence-electron chi connectivity index (χ2n) is 4.50. The standard InChI is InChI=1S/C11H23NO3/c1-7(2)6-9(8(3)13-4)12-10-11(14-5)15-10/h7-12H,6H2,1-5H3. The minimum Gasteiger partial charge on any atom is -0.380 e. The molecule has 1 fully saturated rings. The van der Waals surface area contributed by atoms with E-state index >= 15 is 0 Å². The molecule has 0 aromatic heterocycles. The second-order valence-corrected chi connectivity index (χ2v) is 4.50. The monoisotopic (exact) mass is 217 g/mol. The molecule has 4 unspecified atom stereocenters. The van der Waals surface area contributed by atoms with E-state index in [1.807, 2.05) is 0 Å². The van der Waals surface area contributed by atoms with Crippen molar-refractivity contribution in [1.82, 2.24) is 5.32 Å². The Morgan fingerprint density at radius 2 is 1.93 bits per heavy atom. The van der Waals surface area contributed by atoms with Crippen molar-refractivity contribution in [3.8, 4) is 0 Å². The van der Waals surface area contributed by atoms with Crippen molar-refractivity contribution in [1.29, 1.82) is 0 Å². The summed E-state index contributed by atoms with van der Waals surface area (Å²) in [6.07, 6.45) is 1.22. The lowest BCUT2D eigenvalue weighted by molar-refractivity contribution is 0.0702. The SMILES string of the molecule is COC(C)C(CC(C)C)NC1OC1OC. The number of hydrogen-bond donors (Lipinski definition) is 1. The maximum Gasteiger partial charge on any atom is 0.199 e. The highest BCUT2D eigenvalue weighted by Gasteiger charge is 2.41. The summed E-state index contributed by atoms with van der Waals surface area (Å²) >= 11 is 0. The van der Waals surface area contributed by atoms with Gasteiger partial charge < -0.3 is 14.2 Å². The largest absolute Gasteiger partial charge is 0.380 e. The van der Waals surface area contributed by atoms with Crippen LogP contribution in [0.15, 0.2) is 0 Å². The number of nitrogens with one attached hydrogen (secondary N) is 1. The first-order chi connectivity index (χ1) is 7.08. The van der Waals surface area contributed by atoms with Crippen LogP contribution in [-0.4, -0.2) is 38.9 Å². The fourth-order valence-corrected chi connectivity index (χ4v) is 1.67. The van der Waals surface area contributed by atoms with E-state index in [1.165, 1.54) is 0 Å². The van der Waals surface area contributed by atoms with E-state index in [-0.39, 0.29) is 18.6 Å². The average molecular weight is 217 g/mol. The molecule has 0 amide bonds. The zero-order chi connectivity index (χ0) is 11.4. The van der Waals surface area contributed by atoms with E-state index in [2.05, 4.69) is 26.1 Å². The van der Waals surface area contributed by atoms with Crippen LogP contribution in [0.1, 0.15) is 27.2 Å². The summed E-state index contributed by atoms with van der Waals surface area (Å²) in [4.78, 5) is 0. The highest BCUT2D eigenvalue weighted by molar-refractivity contribution is 4.83. The van der Waals surface area contributed by atoms with Gasteiger partial charge in [-0.2, -0.15) is 0 Å². The van der Waals surface area contributed by atoms with E-state index < -0.39 is 0 Å². The Labute approximate surface area is 92.3 Å². The predicted molar refractivity (Wildman–Crippen MR) is 58.5 cm³/mol. The minimum absolute atomic E-state index is 0.0383. The van der Waals surface area contributed by atoms with Gasteiger partial charge in [-0.25, -0.2) is 0 Å². The van der Waals surface area contributed by atoms with Gasteiger partial charge in [-0.1, -0.05) is 13.8 Å². The number of epoxide rings is 1. The third-order valence-corrected chi connectivity index (χ3v) is 2.73. The number of methoxy groups -OCH3 is 2. The van der Waals surface area contributed by atoms with Gasteiger partial charge in [-0.05, 0) is 19.3 Å². The Morgan fingerprint density at radius 3 is 2.33 bits per heavy atom. The highest BCUT2D eigenvalue weighted by Crippen LogP contribution is 2.22. The molecular formula is C11H23NO3. The number of ether oxygens (including phenoxy) is 3. The van der Waals surface area contributed by atoms with Crippen molar-refractivity contribution < 1.29 is 14.2 Å². The molecule has 15 heavy (non-hydrogen) atoms. The minimum atomic E-state index is -0.0799. The Kier molecular flexibility index (Phi) is 4.99. The van der Waals surface area contributed by atoms with Crippen LogP contribution in [0.4, 0.5) is 0 Å². The smallest absolute Gasteiger partial charge is 0.199 e. The van der Waals surface area contributed by atoms with E-state index in [1.54, 1.807) is 14.2 Å². The zero-order valence-corrected chi connectivity index (χ0v) is 10.3. The van der Waals surface area contributed by atoms with E-state index in [0.29, 0.717) is 12.0 Å². The van der Waals surface area contributed by atoms with Crippen molar-refractivity contribution in [2.45, 2.75) is 51.9 Å². The van der Waals surface area contributed by atoms with E-state index in [0.717, 1.165) is 6.42 Å². The van der Waals surface area contributed by atoms with Gasteiger partial charge >= 0.3 is 0 Å². The molecule has 1 saturated heterocycles. The fraction of sp³-hybridized carbons (Fsp3) is 1.00. The summed E-state index contributed by atoms with van der Waals surface area (Å²) in [6, 6.07) is 0.320. The van der Waals surface area contributed by atoms with Gasteiger partial charge in [-0.3, -0.25) is 5.32 Å². The van der Waals surface area contributed by atoms with E-state index in [9.17, 15) is 0 Å². The van der Waals surface area contributed by atoms with Gasteiger partial charge in [0.25, 0.3) is 0 Å². The lowest BCUT2D eigenvalue weighted by Crippen LogP contribution is -2.42. The molecule has 0 aromatic carbocycles. The Bertz CT molecular complexity index is 187. The fourth-order valence-electron chi connectivity index (χ4n) is 1.67. The highest BCUT2D eigenvalue weighted by atomic mass is 16.8. The van der Waals surface area contributed by atoms with Crippen LogP contribution >= 0.6 is 0 Å². The first-order valence-electron chi connectivity index (χ1n) is 5.55. The zero-order valence-electron chi connectivity index (χ0n) is 10.3. The Morgan fingerprint density at radius 1 is 1.27 bits per heavy atom. The van der Waals surface area contributed by atoms with Crippen LogP contribution in [0, 0.1) is 5.92 Å². The molecule has 4 atom stereocenters. The average Bonchev–Trinajstić information content (AvgIpc) is 2.93. The van der Waals surface area contributed by atoms with Gasteiger partial charge in [0.05, 0.1) is 6.10 Å². The molecule has 1 N–H and O–H groups in total. The van der Waals surface area contributed by atoms with Crippen molar-refractivity contribution in [3.05, 3.63) is 0 Å². The first kappa shape index (κ1) is 12.9. The van der Waals surface area contributed by atoms with Crippen LogP contribution in [0.2, 0.25) is 0 Å². The van der Waals surface area contributed by atoms with Crippen molar-refractivity contribution in [2.24, 2.45) is 5.92 Å². The van der Waals surface area contributed by atoms with Crippen LogP contribution in [0.25, 0.3) is 0 Å². The molecule has 0 radical (unpaired) electrons. The summed E-state index contributed by atoms with van der Waals surface area (Å²) in [7, 11) is 3.39. The molecule has 1 rings (SSSR count). The number of rotatable bonds is 7. The molecule has 4 nitrogen and oxygen atoms in total. The van der Waals surface area contributed by atoms with Crippen molar-refractivity contribution >= 4 is 0 Å². The van der Waals surface area contributed by atoms with Gasteiger partial charge in [0.2, 0.25) is 0 Å². The van der Waals surface area contributed by atoms with Crippen LogP contribution in [0.3, 0.4) is 0 Å². The predicted octanol–water partition coefficient (Wildman–Crippen LogP) is 1.35. The molecule has 0 aromatic rings. The number of hydrogen-bond acceptors (Lipinski definition) is 4. The molecule has 90 valence electrons. The lowest BCUT2D eigenvalue weighted by Gasteiger charge is -2.25. The molecular weight excluding hydrogens is 194 g/mol. The Hall–Kier alpha value is -0.160. The quantitative estimate of drug-likeness (QED) is 0.654. The van der Waals surface area contributed by atoms with Gasteiger partial charge in [0.15, 0.2) is 12.5 Å². The summed E-state index contributed by atoms with van der Waals surface area (Å²) in [5, 5.41) is 3.40. The third-order valence-electron chi connectivity index (χ3n) is 2.73. The van der Waals surface area contributed by atoms with Gasteiger partial charge in [-0.15, -0.1) is 0 Å². The van der Waals surface area contributed by atoms with Crippen molar-refractivity contribution in [3.63, 3.8) is 0 Å². The van der Waals surface area contributed by atoms with Crippen molar-refractivity contribution in [2.75, 3.05) is 14.2 Å². The molecule has 0 bridgehead atoms. The molecule has 0 saturated carbocycles. The van der Waals surface area contributed by atoms with Crippen LogP contribution in [-0.2, 0) is 14.2 Å². The molecule has 1 heterocycles. The van der Waals surface area contributed by atoms with Gasteiger partial charge in [0.1, 0.15) is 0 Å². The third kappa shape index (κ3) is 4.07.